The van der Waals surface area contributed by atoms with E-state index in [1.165, 1.54) is 0 Å². The van der Waals surface area contributed by atoms with Gasteiger partial charge in [-0.3, -0.25) is 9.78 Å². The lowest BCUT2D eigenvalue weighted by atomic mass is 9.68. The van der Waals surface area contributed by atoms with Crippen molar-refractivity contribution in [2.24, 2.45) is 10.8 Å². The molecule has 2 rings (SSSR count). The van der Waals surface area contributed by atoms with Gasteiger partial charge in [-0.15, -0.1) is 0 Å². The maximum Gasteiger partial charge on any atom is 0.186 e. The molecule has 118 valence electrons. The van der Waals surface area contributed by atoms with Gasteiger partial charge in [-0.1, -0.05) is 41.5 Å². The second kappa shape index (κ2) is 5.47. The Morgan fingerprint density at radius 3 is 2.00 bits per heavy atom. The van der Waals surface area contributed by atoms with E-state index in [1.807, 2.05) is 53.7 Å². The summed E-state index contributed by atoms with van der Waals surface area (Å²) in [4.78, 5) is 17.1. The normalized spacial score (nSPS) is 20.2. The number of nitrogens with zero attached hydrogens (tertiary/aromatic N) is 1. The molecule has 0 spiro atoms. The van der Waals surface area contributed by atoms with Crippen molar-refractivity contribution in [2.75, 3.05) is 0 Å². The molecule has 0 amide bonds. The summed E-state index contributed by atoms with van der Waals surface area (Å²) in [5.74, 6) is 0.0390. The molecule has 3 nitrogen and oxygen atoms in total. The van der Waals surface area contributed by atoms with Crippen molar-refractivity contribution in [3.05, 3.63) is 47.3 Å². The average molecular weight is 299 g/mol. The number of rotatable bonds is 1. The van der Waals surface area contributed by atoms with Crippen LogP contribution >= 0.6 is 0 Å². The van der Waals surface area contributed by atoms with E-state index in [2.05, 4.69) is 4.98 Å². The van der Waals surface area contributed by atoms with Crippen LogP contribution in [0.3, 0.4) is 0 Å². The van der Waals surface area contributed by atoms with Crippen molar-refractivity contribution in [1.82, 2.24) is 4.98 Å². The van der Waals surface area contributed by atoms with Gasteiger partial charge in [0.25, 0.3) is 0 Å². The Kier molecular flexibility index (Phi) is 4.14. The van der Waals surface area contributed by atoms with Crippen LogP contribution in [0.4, 0.5) is 0 Å². The quantitative estimate of drug-likeness (QED) is 0.858. The van der Waals surface area contributed by atoms with Gasteiger partial charge in [0.2, 0.25) is 0 Å². The summed E-state index contributed by atoms with van der Waals surface area (Å²) >= 11 is 0. The van der Waals surface area contributed by atoms with Gasteiger partial charge >= 0.3 is 0 Å². The van der Waals surface area contributed by atoms with E-state index in [4.69, 9.17) is 0 Å². The van der Waals surface area contributed by atoms with Crippen LogP contribution in [0.5, 0.6) is 0 Å². The third-order valence-electron chi connectivity index (χ3n) is 3.91. The molecule has 0 saturated heterocycles. The highest BCUT2D eigenvalue weighted by Gasteiger charge is 2.39. The van der Waals surface area contributed by atoms with Gasteiger partial charge in [0.15, 0.2) is 5.78 Å². The molecule has 1 atom stereocenters. The van der Waals surface area contributed by atoms with Crippen molar-refractivity contribution in [2.45, 2.75) is 47.6 Å². The van der Waals surface area contributed by atoms with E-state index in [1.54, 1.807) is 18.5 Å². The summed E-state index contributed by atoms with van der Waals surface area (Å²) in [7, 11) is 0. The molecule has 3 heteroatoms. The number of carbonyl (C=O) groups is 1. The van der Waals surface area contributed by atoms with E-state index in [9.17, 15) is 9.90 Å². The van der Waals surface area contributed by atoms with E-state index < -0.39 is 6.10 Å². The Labute approximate surface area is 132 Å². The predicted octanol–water partition coefficient (Wildman–Crippen LogP) is 3.80. The zero-order valence-electron chi connectivity index (χ0n) is 14.3. The van der Waals surface area contributed by atoms with Crippen LogP contribution in [0.15, 0.2) is 41.7 Å². The molecule has 1 unspecified atom stereocenters. The number of aromatic nitrogens is 1. The van der Waals surface area contributed by atoms with Crippen molar-refractivity contribution >= 4 is 11.4 Å². The predicted molar refractivity (Wildman–Crippen MR) is 89.2 cm³/mol. The lowest BCUT2D eigenvalue weighted by Gasteiger charge is -2.35. The second-order valence-corrected chi connectivity index (χ2v) is 7.88. The molecular weight excluding hydrogens is 274 g/mol. The highest BCUT2D eigenvalue weighted by atomic mass is 16.3. The fourth-order valence-corrected chi connectivity index (χ4v) is 2.90. The summed E-state index contributed by atoms with van der Waals surface area (Å²) < 4.78 is 0. The Morgan fingerprint density at radius 2 is 1.55 bits per heavy atom. The van der Waals surface area contributed by atoms with Gasteiger partial charge in [-0.2, -0.15) is 0 Å². The van der Waals surface area contributed by atoms with Crippen molar-refractivity contribution < 1.29 is 9.90 Å². The second-order valence-electron chi connectivity index (χ2n) is 7.88. The van der Waals surface area contributed by atoms with E-state index in [-0.39, 0.29) is 16.6 Å². The molecule has 0 bridgehead atoms. The number of Topliss-reactive ketones (excluding diaryl/α,β-unsaturated/α-hetero) is 1. The van der Waals surface area contributed by atoms with Crippen LogP contribution in [0.2, 0.25) is 0 Å². The lowest BCUT2D eigenvalue weighted by molar-refractivity contribution is -0.114. The maximum atomic E-state index is 13.1. The Morgan fingerprint density at radius 1 is 1.00 bits per heavy atom. The van der Waals surface area contributed by atoms with Crippen molar-refractivity contribution in [1.29, 1.82) is 0 Å². The molecule has 1 aliphatic rings. The summed E-state index contributed by atoms with van der Waals surface area (Å²) in [6.45, 7) is 12.0. The number of hydrogen-bond donors (Lipinski definition) is 1. The maximum absolute atomic E-state index is 13.1. The minimum absolute atomic E-state index is 0.0390. The van der Waals surface area contributed by atoms with Gasteiger partial charge in [0.1, 0.15) is 0 Å². The Bertz CT molecular complexity index is 640. The van der Waals surface area contributed by atoms with Crippen molar-refractivity contribution in [3.63, 3.8) is 0 Å². The first-order valence-electron chi connectivity index (χ1n) is 7.63. The fourth-order valence-electron chi connectivity index (χ4n) is 2.90. The third kappa shape index (κ3) is 3.05. The van der Waals surface area contributed by atoms with Gasteiger partial charge in [-0.25, -0.2) is 0 Å². The van der Waals surface area contributed by atoms with Crippen LogP contribution < -0.4 is 0 Å². The lowest BCUT2D eigenvalue weighted by Crippen LogP contribution is -2.33. The summed E-state index contributed by atoms with van der Waals surface area (Å²) in [5, 5.41) is 10.7. The Hall–Kier alpha value is -1.74. The molecule has 0 radical (unpaired) electrons. The smallest absolute Gasteiger partial charge is 0.186 e. The highest BCUT2D eigenvalue weighted by molar-refractivity contribution is 6.16. The molecule has 1 aromatic heterocycles. The number of allylic oxidation sites excluding steroid dienone is 2. The number of carbonyl (C=O) groups excluding carboxylic acids is 1. The van der Waals surface area contributed by atoms with Gasteiger partial charge in [0.05, 0.1) is 6.10 Å². The first-order valence-corrected chi connectivity index (χ1v) is 7.63. The SMILES string of the molecule is CC(C)(C)C1=CC(O)C(c2ccncc2)=C(C(C)(C)C)C1=O. The molecule has 1 aliphatic carbocycles. The summed E-state index contributed by atoms with van der Waals surface area (Å²) in [5.41, 5.74) is 2.29. The van der Waals surface area contributed by atoms with Gasteiger partial charge in [-0.05, 0) is 40.2 Å². The monoisotopic (exact) mass is 299 g/mol. The van der Waals surface area contributed by atoms with Crippen molar-refractivity contribution in [3.8, 4) is 0 Å². The number of pyridine rings is 1. The molecule has 22 heavy (non-hydrogen) atoms. The molecular formula is C19H25NO2. The molecule has 0 fully saturated rings. The first kappa shape index (κ1) is 16.6. The minimum Gasteiger partial charge on any atom is -0.384 e. The van der Waals surface area contributed by atoms with Crippen LogP contribution in [0, 0.1) is 10.8 Å². The summed E-state index contributed by atoms with van der Waals surface area (Å²) in [6, 6.07) is 3.68. The molecule has 0 aromatic carbocycles. The number of hydrogen-bond acceptors (Lipinski definition) is 3. The van der Waals surface area contributed by atoms with Crippen LogP contribution in [-0.4, -0.2) is 22.0 Å². The largest absolute Gasteiger partial charge is 0.384 e. The van der Waals surface area contributed by atoms with Gasteiger partial charge in [0, 0.05) is 23.5 Å². The van der Waals surface area contributed by atoms with E-state index >= 15 is 0 Å². The van der Waals surface area contributed by atoms with E-state index in [0.29, 0.717) is 16.7 Å². The Balaban J connectivity index is 2.70. The number of aliphatic hydroxyl groups excluding tert-OH is 1. The average Bonchev–Trinajstić information content (AvgIpc) is 2.39. The number of aliphatic hydroxyl groups is 1. The topological polar surface area (TPSA) is 50.2 Å². The van der Waals surface area contributed by atoms with Crippen LogP contribution in [0.25, 0.3) is 5.57 Å². The van der Waals surface area contributed by atoms with Crippen LogP contribution in [0.1, 0.15) is 47.1 Å². The first-order chi connectivity index (χ1) is 10.0. The molecule has 1 N–H and O–H groups in total. The molecule has 1 heterocycles. The zero-order chi connectivity index (χ0) is 16.7. The molecule has 1 aromatic rings. The van der Waals surface area contributed by atoms with Crippen LogP contribution in [-0.2, 0) is 4.79 Å². The molecule has 0 saturated carbocycles. The van der Waals surface area contributed by atoms with Gasteiger partial charge < -0.3 is 5.11 Å². The number of ketones is 1. The fraction of sp³-hybridized carbons (Fsp3) is 0.474. The summed E-state index contributed by atoms with van der Waals surface area (Å²) in [6.07, 6.45) is 4.29. The standard InChI is InChI=1S/C19H25NO2/c1-18(2,3)13-11-14(21)15(12-7-9-20-10-8-12)16(17(13)22)19(4,5)6/h7-11,14,21H,1-6H3. The zero-order valence-corrected chi connectivity index (χ0v) is 14.3. The minimum atomic E-state index is -0.774. The highest BCUT2D eigenvalue weighted by Crippen LogP contribution is 2.43. The van der Waals surface area contributed by atoms with E-state index in [0.717, 1.165) is 5.56 Å². The third-order valence-corrected chi connectivity index (χ3v) is 3.91. The molecule has 0 aliphatic heterocycles.